The molecule has 0 saturated heterocycles. The fourth-order valence-corrected chi connectivity index (χ4v) is 10.4. The molecule has 0 spiro atoms. The average Bonchev–Trinajstić information content (AvgIpc) is 1.70. The van der Waals surface area contributed by atoms with Gasteiger partial charge in [0.1, 0.15) is 0 Å². The molecule has 0 saturated carbocycles. The van der Waals surface area contributed by atoms with Crippen molar-refractivity contribution in [3.05, 3.63) is 290 Å². The number of hydrogen-bond acceptors (Lipinski definition) is 14. The van der Waals surface area contributed by atoms with Crippen LogP contribution in [0, 0.1) is 43.7 Å². The quantitative estimate of drug-likeness (QED) is 0.0690. The molecule has 0 bridgehead atoms. The Hall–Kier alpha value is -8.67. The van der Waals surface area contributed by atoms with Gasteiger partial charge in [-0.25, -0.2) is 0 Å². The zero-order valence-electron chi connectivity index (χ0n) is 54.8. The number of nitrogens with two attached hydrogens (primary N) is 1. The number of alkyl halides is 6. The van der Waals surface area contributed by atoms with Gasteiger partial charge in [0.2, 0.25) is 5.76 Å². The summed E-state index contributed by atoms with van der Waals surface area (Å²) < 4.78 is 74.2. The molecule has 17 rings (SSSR count). The molecule has 0 amide bonds. The van der Waals surface area contributed by atoms with E-state index in [2.05, 4.69) is 237 Å². The zero-order chi connectivity index (χ0) is 68.9. The number of para-hydroxylation sites is 2. The van der Waals surface area contributed by atoms with Gasteiger partial charge in [-0.3, -0.25) is 35.0 Å². The molecular formula is C74H60F6Ir5N16O2-5. The van der Waals surface area contributed by atoms with Crippen LogP contribution in [0.5, 0.6) is 0 Å². The third-order valence-corrected chi connectivity index (χ3v) is 15.0. The number of pyridine rings is 4. The van der Waals surface area contributed by atoms with Crippen LogP contribution in [-0.2, 0) is 125 Å². The smallest absolute Gasteiger partial charge is 0.510 e. The second-order valence-corrected chi connectivity index (χ2v) is 22.0. The first-order valence-corrected chi connectivity index (χ1v) is 30.6. The normalized spacial score (nSPS) is 12.8. The number of ketones is 1. The predicted octanol–water partition coefficient (Wildman–Crippen LogP) is 14.3. The van der Waals surface area contributed by atoms with Crippen LogP contribution in [0.25, 0.3) is 72.9 Å². The number of allylic oxidation sites excluding steroid dienone is 4. The van der Waals surface area contributed by atoms with E-state index in [9.17, 15) is 31.1 Å². The molecule has 4 aliphatic rings. The van der Waals surface area contributed by atoms with Crippen molar-refractivity contribution in [2.45, 2.75) is 52.0 Å². The Morgan fingerprint density at radius 1 is 0.583 bits per heavy atom. The largest absolute Gasteiger partial charge is 3.00 e. The topological polar surface area (TPSA) is 194 Å². The van der Waals surface area contributed by atoms with Crippen molar-refractivity contribution in [1.82, 2.24) is 63.6 Å². The first-order chi connectivity index (χ1) is 47.3. The first kappa shape index (κ1) is 83.3. The van der Waals surface area contributed by atoms with E-state index < -0.39 is 30.0 Å². The Balaban J connectivity index is 0.000000188. The number of aryl methyl sites for hydroxylation is 2. The molecule has 0 fully saturated rings. The van der Waals surface area contributed by atoms with Crippen LogP contribution >= 0.6 is 0 Å². The summed E-state index contributed by atoms with van der Waals surface area (Å²) >= 11 is 0. The van der Waals surface area contributed by atoms with Gasteiger partial charge in [0.25, 0.3) is 5.78 Å². The van der Waals surface area contributed by atoms with Gasteiger partial charge in [0.15, 0.2) is 0 Å². The molecule has 13 aromatic rings. The Labute approximate surface area is 657 Å². The number of imidazole rings is 3. The fourth-order valence-electron chi connectivity index (χ4n) is 10.4. The monoisotopic (exact) mass is 2280 g/mol. The number of carbonyl (C=O) groups is 1. The number of tetrazole rings is 1. The molecule has 29 heteroatoms. The Kier molecular flexibility index (Phi) is 30.9. The second kappa shape index (κ2) is 38.2. The number of aliphatic hydroxyl groups is 1. The molecule has 8 aromatic heterocycles. The average molecular weight is 2280 g/mol. The van der Waals surface area contributed by atoms with Crippen molar-refractivity contribution >= 4 is 78.6 Å². The molecule has 12 heterocycles. The van der Waals surface area contributed by atoms with E-state index in [0.29, 0.717) is 18.1 Å². The van der Waals surface area contributed by atoms with Gasteiger partial charge in [0.05, 0.1) is 34.2 Å². The van der Waals surface area contributed by atoms with Crippen LogP contribution in [0.3, 0.4) is 0 Å². The van der Waals surface area contributed by atoms with Crippen LogP contribution in [0.4, 0.5) is 37.7 Å². The van der Waals surface area contributed by atoms with Gasteiger partial charge >= 0.3 is 32.5 Å². The summed E-state index contributed by atoms with van der Waals surface area (Å²) in [7, 11) is 4.06. The van der Waals surface area contributed by atoms with Crippen LogP contribution in [0.15, 0.2) is 219 Å². The van der Waals surface area contributed by atoms with E-state index in [0.717, 1.165) is 86.2 Å². The number of nitrogens with zero attached hydrogens (tertiary/aromatic N) is 15. The third-order valence-electron chi connectivity index (χ3n) is 15.0. The molecule has 0 aliphatic carbocycles. The van der Waals surface area contributed by atoms with E-state index in [1.54, 1.807) is 12.3 Å². The molecule has 0 atom stereocenters. The number of halogens is 6. The van der Waals surface area contributed by atoms with Crippen molar-refractivity contribution in [3.63, 3.8) is 0 Å². The van der Waals surface area contributed by atoms with E-state index in [-0.39, 0.29) is 101 Å². The second-order valence-electron chi connectivity index (χ2n) is 22.0. The minimum absolute atomic E-state index is 0. The number of anilines is 2. The van der Waals surface area contributed by atoms with Gasteiger partial charge in [-0.05, 0) is 70.1 Å². The maximum Gasteiger partial charge on any atom is 3.00 e. The molecule has 5 aromatic carbocycles. The summed E-state index contributed by atoms with van der Waals surface area (Å²) in [6, 6.07) is 58.1. The molecule has 540 valence electrons. The van der Waals surface area contributed by atoms with Gasteiger partial charge in [-0.2, -0.15) is 93.4 Å². The van der Waals surface area contributed by atoms with E-state index in [1.165, 1.54) is 33.3 Å². The predicted molar refractivity (Wildman–Crippen MR) is 364 cm³/mol. The molecule has 18 nitrogen and oxygen atoms in total. The number of carbonyl (C=O) groups excluding carboxylic acids is 1. The summed E-state index contributed by atoms with van der Waals surface area (Å²) in [5.74, 6) is -4.87. The van der Waals surface area contributed by atoms with Crippen LogP contribution < -0.4 is 20.6 Å². The first-order valence-electron chi connectivity index (χ1n) is 30.6. The summed E-state index contributed by atoms with van der Waals surface area (Å²) in [4.78, 5) is 36.0. The van der Waals surface area contributed by atoms with Crippen molar-refractivity contribution < 1.29 is 137 Å². The van der Waals surface area contributed by atoms with Gasteiger partial charge in [0, 0.05) is 141 Å². The van der Waals surface area contributed by atoms with Crippen molar-refractivity contribution in [2.24, 2.45) is 5.73 Å². The van der Waals surface area contributed by atoms with Gasteiger partial charge < -0.3 is 48.7 Å². The Morgan fingerprint density at radius 3 is 1.45 bits per heavy atom. The molecule has 4 aliphatic heterocycles. The van der Waals surface area contributed by atoms with E-state index >= 15 is 0 Å². The van der Waals surface area contributed by atoms with Crippen LogP contribution in [-0.4, -0.2) is 95.8 Å². The standard InChI is InChI=1S/C14H13N2.C13H11N2.C12H10N3.2C12H10N2.C6H4N5.C5H2F6O2.5Ir/c1-2-5-12-10-16-9-8-11-6-3-4-7-13(11)14(16)15-12;1-2-11-9-15-8-7-10-5-3-4-6-12(10)13(15)14-11;13-7-10-8-15-6-5-9-3-1-2-4-11(9)12(15)14-10;2*1-13-8-11-7-6-10-4-2-3-5-12(10)14(11)9-13;1-2-4-7-5(3-1)6-8-10-11-9-6;6-4(7,8)2(12)1-3(13)5(9,10)11;;;;;/h3-4,6,8-10H,2,5H2,1H3;3-5,7-9H,2H2,1H3;1-3,5-6,8H,7,13H2;2*2-4,6-9H,1H3;1-4H;1,12H;;;;;/q3*-1;2*-2;-1;;;;;;+3. The van der Waals surface area contributed by atoms with E-state index in [4.69, 9.17) is 10.8 Å². The Bertz CT molecular complexity index is 4900. The van der Waals surface area contributed by atoms with E-state index in [1.807, 2.05) is 104 Å². The minimum atomic E-state index is -5.42. The molecule has 103 heavy (non-hydrogen) atoms. The maximum absolute atomic E-state index is 11.4. The third kappa shape index (κ3) is 20.8. The number of rotatable bonds is 6. The Morgan fingerprint density at radius 2 is 1.03 bits per heavy atom. The van der Waals surface area contributed by atoms with Gasteiger partial charge in [-0.1, -0.05) is 68.1 Å². The summed E-state index contributed by atoms with van der Waals surface area (Å²) in [6.07, 6.45) is 18.1. The SMILES string of the molecule is CCCc1cn2ccc3ccc[c-]c3c2n1.CCc1cn2ccc3ccc[c-]c3c2n1.CN1C=C2C=Cc3ccc[c-]c3N2[CH-]1.CN1C=C2C=Cc3ccc[c-]c3N2[CH-]1.NCc1cn2ccc3ccc[c-]c3c2n1.O=C(C=C(O)C(F)(F)F)C(F)(F)F.[Ir+3].[Ir].[Ir].[Ir].[Ir].c1ccc(-c2nnn[n-]2)nc1. The fraction of sp³-hybridized carbons (Fsp3) is 0.135. The molecular weight excluding hydrogens is 2220 g/mol. The number of aliphatic hydroxyl groups excluding tert-OH is 1. The van der Waals surface area contributed by atoms with Crippen LogP contribution in [0.1, 0.15) is 48.5 Å². The van der Waals surface area contributed by atoms with Crippen LogP contribution in [0.2, 0.25) is 0 Å². The number of benzene rings is 5. The zero-order valence-corrected chi connectivity index (χ0v) is 66.7. The summed E-state index contributed by atoms with van der Waals surface area (Å²) in [5.41, 5.74) is 19.5. The number of aromatic nitrogens is 11. The molecule has 4 radical (unpaired) electrons. The van der Waals surface area contributed by atoms with Crippen molar-refractivity contribution in [1.29, 1.82) is 0 Å². The summed E-state index contributed by atoms with van der Waals surface area (Å²) in [5, 5.41) is 28.7. The molecule has 3 N–H and O–H groups in total. The molecule has 0 unspecified atom stereocenters. The van der Waals surface area contributed by atoms with Crippen molar-refractivity contribution in [3.8, 4) is 11.5 Å². The van der Waals surface area contributed by atoms with Crippen molar-refractivity contribution in [2.75, 3.05) is 23.9 Å². The van der Waals surface area contributed by atoms with Gasteiger partial charge in [-0.15, -0.1) is 128 Å². The minimum Gasteiger partial charge on any atom is -0.510 e. The number of hydrogen-bond donors (Lipinski definition) is 2. The summed E-state index contributed by atoms with van der Waals surface area (Å²) in [6.45, 7) is 8.89. The number of fused-ring (bicyclic) bond motifs is 15. The maximum atomic E-state index is 11.4.